The molecule has 0 aromatic carbocycles. The molecule has 0 bridgehead atoms. The molecule has 1 saturated heterocycles. The summed E-state index contributed by atoms with van der Waals surface area (Å²) < 4.78 is 10.3. The molecule has 1 heterocycles. The molecule has 0 saturated carbocycles. The van der Waals surface area contributed by atoms with Crippen molar-refractivity contribution in [3.05, 3.63) is 0 Å². The van der Waals surface area contributed by atoms with Gasteiger partial charge in [-0.15, -0.1) is 12.4 Å². The van der Waals surface area contributed by atoms with E-state index >= 15 is 0 Å². The van der Waals surface area contributed by atoms with Gasteiger partial charge in [0.05, 0.1) is 13.0 Å². The fourth-order valence-electron chi connectivity index (χ4n) is 2.42. The molecule has 1 aliphatic rings. The van der Waals surface area contributed by atoms with Gasteiger partial charge >= 0.3 is 12.1 Å². The van der Waals surface area contributed by atoms with E-state index in [1.54, 1.807) is 11.8 Å². The van der Waals surface area contributed by atoms with Gasteiger partial charge in [-0.1, -0.05) is 0 Å². The molecule has 7 heteroatoms. The standard InChI is InChI=1S/C15H28N2O4.ClH/c1-5-20-13(18)10-12(16)11-6-8-17(9-7-11)14(19)21-15(2,3)4;/h11-12H,5-10,16H2,1-4H3;1H. The van der Waals surface area contributed by atoms with Crippen LogP contribution in [-0.2, 0) is 14.3 Å². The molecule has 1 aliphatic heterocycles. The van der Waals surface area contributed by atoms with Crippen LogP contribution >= 0.6 is 12.4 Å². The van der Waals surface area contributed by atoms with Crippen molar-refractivity contribution in [2.75, 3.05) is 19.7 Å². The van der Waals surface area contributed by atoms with Crippen molar-refractivity contribution in [1.82, 2.24) is 4.90 Å². The number of likely N-dealkylation sites (tertiary alicyclic amines) is 1. The number of halogens is 1. The van der Waals surface area contributed by atoms with Crippen molar-refractivity contribution in [2.24, 2.45) is 11.7 Å². The molecule has 130 valence electrons. The second-order valence-electron chi connectivity index (χ2n) is 6.48. The van der Waals surface area contributed by atoms with E-state index in [1.165, 1.54) is 0 Å². The summed E-state index contributed by atoms with van der Waals surface area (Å²) in [6.45, 7) is 8.96. The van der Waals surface area contributed by atoms with Crippen molar-refractivity contribution in [3.63, 3.8) is 0 Å². The molecule has 0 spiro atoms. The van der Waals surface area contributed by atoms with Crippen molar-refractivity contribution in [3.8, 4) is 0 Å². The third-order valence-electron chi connectivity index (χ3n) is 3.50. The number of nitrogens with zero attached hydrogens (tertiary/aromatic N) is 1. The van der Waals surface area contributed by atoms with Gasteiger partial charge in [-0.3, -0.25) is 4.79 Å². The Hall–Kier alpha value is -1.01. The number of hydrogen-bond acceptors (Lipinski definition) is 5. The second-order valence-corrected chi connectivity index (χ2v) is 6.48. The Balaban J connectivity index is 0.00000441. The highest BCUT2D eigenvalue weighted by Gasteiger charge is 2.30. The Labute approximate surface area is 139 Å². The summed E-state index contributed by atoms with van der Waals surface area (Å²) >= 11 is 0. The van der Waals surface area contributed by atoms with Gasteiger partial charge in [0.2, 0.25) is 0 Å². The van der Waals surface area contributed by atoms with Gasteiger partial charge in [-0.05, 0) is 46.5 Å². The molecular weight excluding hydrogens is 308 g/mol. The van der Waals surface area contributed by atoms with Crippen LogP contribution < -0.4 is 5.73 Å². The number of ether oxygens (including phenoxy) is 2. The lowest BCUT2D eigenvalue weighted by atomic mass is 9.88. The van der Waals surface area contributed by atoms with Crippen LogP contribution in [0, 0.1) is 5.92 Å². The predicted octanol–water partition coefficient (Wildman–Crippen LogP) is 2.34. The third-order valence-corrected chi connectivity index (χ3v) is 3.50. The molecule has 1 unspecified atom stereocenters. The fraction of sp³-hybridized carbons (Fsp3) is 0.867. The Morgan fingerprint density at radius 1 is 1.27 bits per heavy atom. The van der Waals surface area contributed by atoms with Crippen molar-refractivity contribution in [2.45, 2.75) is 58.6 Å². The average Bonchev–Trinajstić information content (AvgIpc) is 2.37. The molecule has 2 N–H and O–H groups in total. The molecule has 1 atom stereocenters. The van der Waals surface area contributed by atoms with E-state index in [1.807, 2.05) is 20.8 Å². The van der Waals surface area contributed by atoms with Crippen LogP contribution in [-0.4, -0.2) is 48.3 Å². The minimum Gasteiger partial charge on any atom is -0.466 e. The lowest BCUT2D eigenvalue weighted by molar-refractivity contribution is -0.143. The minimum absolute atomic E-state index is 0. The molecule has 1 amide bonds. The van der Waals surface area contributed by atoms with Crippen LogP contribution in [0.15, 0.2) is 0 Å². The zero-order valence-electron chi connectivity index (χ0n) is 14.0. The normalized spacial score (nSPS) is 17.4. The molecule has 0 aromatic rings. The number of carbonyl (C=O) groups is 2. The summed E-state index contributed by atoms with van der Waals surface area (Å²) in [7, 11) is 0. The number of rotatable bonds is 4. The van der Waals surface area contributed by atoms with E-state index < -0.39 is 5.60 Å². The summed E-state index contributed by atoms with van der Waals surface area (Å²) in [4.78, 5) is 25.1. The maximum atomic E-state index is 12.0. The van der Waals surface area contributed by atoms with Crippen LogP contribution in [0.3, 0.4) is 0 Å². The highest BCUT2D eigenvalue weighted by atomic mass is 35.5. The molecule has 22 heavy (non-hydrogen) atoms. The van der Waals surface area contributed by atoms with Crippen LogP contribution in [0.4, 0.5) is 4.79 Å². The second kappa shape index (κ2) is 9.20. The largest absolute Gasteiger partial charge is 0.466 e. The maximum Gasteiger partial charge on any atom is 0.410 e. The zero-order valence-corrected chi connectivity index (χ0v) is 14.8. The summed E-state index contributed by atoms with van der Waals surface area (Å²) in [5, 5.41) is 0. The van der Waals surface area contributed by atoms with Crippen molar-refractivity contribution in [1.29, 1.82) is 0 Å². The topological polar surface area (TPSA) is 81.9 Å². The van der Waals surface area contributed by atoms with Gasteiger partial charge in [0.1, 0.15) is 5.60 Å². The summed E-state index contributed by atoms with van der Waals surface area (Å²) in [5.41, 5.74) is 5.59. The summed E-state index contributed by atoms with van der Waals surface area (Å²) in [6.07, 6.45) is 1.55. The van der Waals surface area contributed by atoms with E-state index in [0.717, 1.165) is 12.8 Å². The first-order valence-corrected chi connectivity index (χ1v) is 7.62. The monoisotopic (exact) mass is 336 g/mol. The quantitative estimate of drug-likeness (QED) is 0.797. The summed E-state index contributed by atoms with van der Waals surface area (Å²) in [5.74, 6) is -0.00679. The van der Waals surface area contributed by atoms with E-state index in [2.05, 4.69) is 0 Å². The lowest BCUT2D eigenvalue weighted by Gasteiger charge is -2.35. The Bertz CT molecular complexity index is 363. The third kappa shape index (κ3) is 7.31. The molecule has 1 fully saturated rings. The van der Waals surface area contributed by atoms with E-state index in [4.69, 9.17) is 15.2 Å². The molecule has 1 rings (SSSR count). The minimum atomic E-state index is -0.478. The Morgan fingerprint density at radius 2 is 1.82 bits per heavy atom. The number of esters is 1. The van der Waals surface area contributed by atoms with Crippen LogP contribution in [0.25, 0.3) is 0 Å². The predicted molar refractivity (Wildman–Crippen MR) is 87.0 cm³/mol. The van der Waals surface area contributed by atoms with Crippen LogP contribution in [0.5, 0.6) is 0 Å². The van der Waals surface area contributed by atoms with Gasteiger partial charge < -0.3 is 20.1 Å². The average molecular weight is 337 g/mol. The van der Waals surface area contributed by atoms with Crippen LogP contribution in [0.1, 0.15) is 47.0 Å². The molecular formula is C15H29ClN2O4. The van der Waals surface area contributed by atoms with Gasteiger partial charge in [0.15, 0.2) is 0 Å². The number of carbonyl (C=O) groups excluding carboxylic acids is 2. The van der Waals surface area contributed by atoms with E-state index in [9.17, 15) is 9.59 Å². The first-order valence-electron chi connectivity index (χ1n) is 7.62. The highest BCUT2D eigenvalue weighted by Crippen LogP contribution is 2.23. The Kier molecular flexibility index (Phi) is 8.78. The van der Waals surface area contributed by atoms with Crippen molar-refractivity contribution < 1.29 is 19.1 Å². The zero-order chi connectivity index (χ0) is 16.0. The van der Waals surface area contributed by atoms with Crippen LogP contribution in [0.2, 0.25) is 0 Å². The number of amides is 1. The fourth-order valence-corrected chi connectivity index (χ4v) is 2.42. The highest BCUT2D eigenvalue weighted by molar-refractivity contribution is 5.85. The van der Waals surface area contributed by atoms with E-state index in [0.29, 0.717) is 19.7 Å². The number of nitrogens with two attached hydrogens (primary N) is 1. The lowest BCUT2D eigenvalue weighted by Crippen LogP contribution is -2.45. The number of hydrogen-bond donors (Lipinski definition) is 1. The summed E-state index contributed by atoms with van der Waals surface area (Å²) in [6, 6.07) is -0.204. The SMILES string of the molecule is CCOC(=O)CC(N)C1CCN(C(=O)OC(C)(C)C)CC1.Cl. The van der Waals surface area contributed by atoms with E-state index in [-0.39, 0.29) is 42.9 Å². The first-order chi connectivity index (χ1) is 9.73. The van der Waals surface area contributed by atoms with Gasteiger partial charge in [-0.25, -0.2) is 4.79 Å². The van der Waals surface area contributed by atoms with Gasteiger partial charge in [-0.2, -0.15) is 0 Å². The smallest absolute Gasteiger partial charge is 0.410 e. The Morgan fingerprint density at radius 3 is 2.27 bits per heavy atom. The van der Waals surface area contributed by atoms with Gasteiger partial charge in [0, 0.05) is 19.1 Å². The molecule has 0 radical (unpaired) electrons. The van der Waals surface area contributed by atoms with Gasteiger partial charge in [0.25, 0.3) is 0 Å². The molecule has 6 nitrogen and oxygen atoms in total. The first kappa shape index (κ1) is 21.0. The molecule has 0 aromatic heterocycles. The maximum absolute atomic E-state index is 12.0. The van der Waals surface area contributed by atoms with Crippen molar-refractivity contribution >= 4 is 24.5 Å². The molecule has 0 aliphatic carbocycles. The number of piperidine rings is 1.